The minimum absolute atomic E-state index is 0. The monoisotopic (exact) mass is 342 g/mol. The zero-order valence-corrected chi connectivity index (χ0v) is 15.5. The number of nitrogens with one attached hydrogen (secondary N) is 1. The minimum atomic E-state index is -0.183. The summed E-state index contributed by atoms with van der Waals surface area (Å²) in [5, 5.41) is 13.3. The molecule has 2 N–H and O–H groups in total. The summed E-state index contributed by atoms with van der Waals surface area (Å²) in [6, 6.07) is 8.58. The van der Waals surface area contributed by atoms with E-state index in [1.54, 1.807) is 0 Å². The summed E-state index contributed by atoms with van der Waals surface area (Å²) in [5.74, 6) is 0.902. The van der Waals surface area contributed by atoms with Crippen LogP contribution in [0.2, 0.25) is 0 Å². The van der Waals surface area contributed by atoms with Crippen molar-refractivity contribution in [3.05, 3.63) is 29.8 Å². The smallest absolute Gasteiger partial charge is 0.119 e. The molecule has 1 fully saturated rings. The van der Waals surface area contributed by atoms with E-state index >= 15 is 0 Å². The Hall–Kier alpha value is -0.810. The number of ether oxygens (including phenoxy) is 1. The summed E-state index contributed by atoms with van der Waals surface area (Å²) in [6.45, 7) is 12.6. The molecule has 0 amide bonds. The van der Waals surface area contributed by atoms with Gasteiger partial charge in [-0.25, -0.2) is 0 Å². The van der Waals surface area contributed by atoms with Crippen molar-refractivity contribution in [2.75, 3.05) is 32.8 Å². The second-order valence-electron chi connectivity index (χ2n) is 7.07. The molecular formula is C18H31ClN2O2. The van der Waals surface area contributed by atoms with Crippen LogP contribution in [0.3, 0.4) is 0 Å². The fourth-order valence-electron chi connectivity index (χ4n) is 3.18. The molecule has 4 nitrogen and oxygen atoms in total. The molecule has 0 spiro atoms. The molecule has 1 saturated heterocycles. The van der Waals surface area contributed by atoms with Crippen LogP contribution in [0.1, 0.15) is 39.3 Å². The fourth-order valence-corrected chi connectivity index (χ4v) is 3.18. The molecule has 1 aliphatic rings. The molecule has 0 radical (unpaired) electrons. The van der Waals surface area contributed by atoms with E-state index in [1.165, 1.54) is 5.56 Å². The number of hydrogen-bond donors (Lipinski definition) is 2. The van der Waals surface area contributed by atoms with E-state index in [2.05, 4.69) is 36.2 Å². The first kappa shape index (κ1) is 20.2. The average Bonchev–Trinajstić information content (AvgIpc) is 2.49. The van der Waals surface area contributed by atoms with Crippen LogP contribution in [-0.4, -0.2) is 48.9 Å². The number of nitrogens with zero attached hydrogens (tertiary/aromatic N) is 1. The van der Waals surface area contributed by atoms with E-state index in [1.807, 2.05) is 26.0 Å². The SMILES string of the molecule is CC(C)Oc1ccc([C@H](N2CCNCC2)C(C)(C)CO)cc1.Cl. The van der Waals surface area contributed by atoms with Crippen LogP contribution < -0.4 is 10.1 Å². The van der Waals surface area contributed by atoms with Crippen molar-refractivity contribution in [1.29, 1.82) is 0 Å². The number of halogens is 1. The first-order valence-corrected chi connectivity index (χ1v) is 8.26. The average molecular weight is 343 g/mol. The molecule has 1 atom stereocenters. The Balaban J connectivity index is 0.00000264. The van der Waals surface area contributed by atoms with Gasteiger partial charge in [0, 0.05) is 44.2 Å². The van der Waals surface area contributed by atoms with E-state index in [-0.39, 0.29) is 36.6 Å². The lowest BCUT2D eigenvalue weighted by Crippen LogP contribution is -2.49. The first-order chi connectivity index (χ1) is 10.4. The highest BCUT2D eigenvalue weighted by atomic mass is 35.5. The van der Waals surface area contributed by atoms with Gasteiger partial charge in [-0.15, -0.1) is 12.4 Å². The summed E-state index contributed by atoms with van der Waals surface area (Å²) >= 11 is 0. The van der Waals surface area contributed by atoms with Gasteiger partial charge in [-0.1, -0.05) is 26.0 Å². The highest BCUT2D eigenvalue weighted by Crippen LogP contribution is 2.38. The molecule has 0 unspecified atom stereocenters. The van der Waals surface area contributed by atoms with Gasteiger partial charge >= 0.3 is 0 Å². The maximum absolute atomic E-state index is 9.86. The van der Waals surface area contributed by atoms with Gasteiger partial charge in [-0.3, -0.25) is 4.90 Å². The molecule has 2 rings (SSSR count). The molecule has 1 aromatic rings. The van der Waals surface area contributed by atoms with Crippen molar-refractivity contribution in [3.8, 4) is 5.75 Å². The maximum atomic E-state index is 9.86. The van der Waals surface area contributed by atoms with E-state index in [9.17, 15) is 5.11 Å². The third-order valence-corrected chi connectivity index (χ3v) is 4.23. The number of hydrogen-bond acceptors (Lipinski definition) is 4. The molecule has 0 aliphatic carbocycles. The van der Waals surface area contributed by atoms with Crippen molar-refractivity contribution in [3.63, 3.8) is 0 Å². The minimum Gasteiger partial charge on any atom is -0.491 e. The van der Waals surface area contributed by atoms with E-state index in [0.29, 0.717) is 0 Å². The molecular weight excluding hydrogens is 312 g/mol. The van der Waals surface area contributed by atoms with Gasteiger partial charge in [0.15, 0.2) is 0 Å². The van der Waals surface area contributed by atoms with E-state index in [0.717, 1.165) is 31.9 Å². The van der Waals surface area contributed by atoms with Crippen LogP contribution in [0.25, 0.3) is 0 Å². The molecule has 1 aliphatic heterocycles. The zero-order chi connectivity index (χ0) is 16.2. The number of aliphatic hydroxyl groups is 1. The van der Waals surface area contributed by atoms with Gasteiger partial charge in [0.1, 0.15) is 5.75 Å². The Labute approximate surface area is 146 Å². The normalized spacial score (nSPS) is 17.7. The Morgan fingerprint density at radius 3 is 2.22 bits per heavy atom. The highest BCUT2D eigenvalue weighted by molar-refractivity contribution is 5.85. The Morgan fingerprint density at radius 2 is 1.74 bits per heavy atom. The summed E-state index contributed by atoms with van der Waals surface area (Å²) in [6.07, 6.45) is 0.184. The van der Waals surface area contributed by atoms with Crippen LogP contribution in [0.5, 0.6) is 5.75 Å². The molecule has 1 aromatic carbocycles. The summed E-state index contributed by atoms with van der Waals surface area (Å²) in [7, 11) is 0. The number of aliphatic hydroxyl groups excluding tert-OH is 1. The van der Waals surface area contributed by atoms with Crippen molar-refractivity contribution in [1.82, 2.24) is 10.2 Å². The third kappa shape index (κ3) is 5.35. The number of piperazine rings is 1. The molecule has 1 heterocycles. The Kier molecular flexibility index (Phi) is 7.81. The lowest BCUT2D eigenvalue weighted by atomic mass is 9.79. The van der Waals surface area contributed by atoms with E-state index in [4.69, 9.17) is 4.74 Å². The predicted octanol–water partition coefficient (Wildman–Crippen LogP) is 2.86. The van der Waals surface area contributed by atoms with Crippen molar-refractivity contribution in [2.45, 2.75) is 39.8 Å². The Bertz CT molecular complexity index is 457. The lowest BCUT2D eigenvalue weighted by molar-refractivity contribution is 0.0305. The highest BCUT2D eigenvalue weighted by Gasteiger charge is 2.35. The van der Waals surface area contributed by atoms with Crippen LogP contribution in [-0.2, 0) is 0 Å². The number of benzene rings is 1. The van der Waals surface area contributed by atoms with Crippen LogP contribution >= 0.6 is 12.4 Å². The lowest BCUT2D eigenvalue weighted by Gasteiger charge is -2.43. The van der Waals surface area contributed by atoms with Crippen molar-refractivity contribution >= 4 is 12.4 Å². The second-order valence-corrected chi connectivity index (χ2v) is 7.07. The van der Waals surface area contributed by atoms with Crippen LogP contribution in [0.15, 0.2) is 24.3 Å². The quantitative estimate of drug-likeness (QED) is 0.834. The predicted molar refractivity (Wildman–Crippen MR) is 97.5 cm³/mol. The summed E-state index contributed by atoms with van der Waals surface area (Å²) in [4.78, 5) is 2.48. The van der Waals surface area contributed by atoms with Gasteiger partial charge in [0.2, 0.25) is 0 Å². The van der Waals surface area contributed by atoms with Gasteiger partial charge < -0.3 is 15.2 Å². The zero-order valence-electron chi connectivity index (χ0n) is 14.7. The largest absolute Gasteiger partial charge is 0.491 e. The molecule has 23 heavy (non-hydrogen) atoms. The van der Waals surface area contributed by atoms with Crippen molar-refractivity contribution < 1.29 is 9.84 Å². The standard InChI is InChI=1S/C18H30N2O2.ClH/c1-14(2)22-16-7-5-15(6-8-16)17(18(3,4)13-21)20-11-9-19-10-12-20;/h5-8,14,17,19,21H,9-13H2,1-4H3;1H/t17-;/m0./s1. The fraction of sp³-hybridized carbons (Fsp3) is 0.667. The molecule has 132 valence electrons. The molecule has 0 saturated carbocycles. The van der Waals surface area contributed by atoms with Crippen molar-refractivity contribution in [2.24, 2.45) is 5.41 Å². The number of rotatable bonds is 6. The summed E-state index contributed by atoms with van der Waals surface area (Å²) in [5.41, 5.74) is 1.06. The Morgan fingerprint density at radius 1 is 1.17 bits per heavy atom. The van der Waals surface area contributed by atoms with Gasteiger partial charge in [-0.2, -0.15) is 0 Å². The third-order valence-electron chi connectivity index (χ3n) is 4.23. The topological polar surface area (TPSA) is 44.7 Å². The van der Waals surface area contributed by atoms with E-state index < -0.39 is 0 Å². The van der Waals surface area contributed by atoms with Crippen LogP contribution in [0, 0.1) is 5.41 Å². The molecule has 0 aromatic heterocycles. The first-order valence-electron chi connectivity index (χ1n) is 8.26. The maximum Gasteiger partial charge on any atom is 0.119 e. The second kappa shape index (κ2) is 8.88. The van der Waals surface area contributed by atoms with Crippen LogP contribution in [0.4, 0.5) is 0 Å². The van der Waals surface area contributed by atoms with Gasteiger partial charge in [0.25, 0.3) is 0 Å². The van der Waals surface area contributed by atoms with Gasteiger partial charge in [0.05, 0.1) is 6.10 Å². The summed E-state index contributed by atoms with van der Waals surface area (Å²) < 4.78 is 5.73. The molecule has 5 heteroatoms. The molecule has 0 bridgehead atoms. The van der Waals surface area contributed by atoms with Gasteiger partial charge in [-0.05, 0) is 31.5 Å².